The van der Waals surface area contributed by atoms with Crippen molar-refractivity contribution in [3.8, 4) is 0 Å². The Hall–Kier alpha value is -2.54. The van der Waals surface area contributed by atoms with Gasteiger partial charge in [-0.2, -0.15) is 0 Å². The normalized spacial score (nSPS) is 21.7. The third-order valence-electron chi connectivity index (χ3n) is 7.33. The topological polar surface area (TPSA) is 71.5 Å². The van der Waals surface area contributed by atoms with Gasteiger partial charge in [-0.05, 0) is 64.0 Å². The Balaban J connectivity index is 1.25. The number of pyridine rings is 1. The average Bonchev–Trinajstić information content (AvgIpc) is 2.86. The minimum atomic E-state index is 0.112. The van der Waals surface area contributed by atoms with Gasteiger partial charge in [0, 0.05) is 49.6 Å². The standard InChI is InChI=1S/C26H35N5O2/c1-19-23-9-6-13-31(18-21-7-2-4-12-27-21)26(23)29-25(28-19)20-10-14-30(15-11-20)24(32)17-22-8-3-5-16-33-22/h2,4,7,12,20,22H,3,5-6,8-11,13-18H2,1H3. The van der Waals surface area contributed by atoms with Crippen molar-refractivity contribution in [1.29, 1.82) is 0 Å². The molecule has 0 aliphatic carbocycles. The molecule has 1 amide bonds. The van der Waals surface area contributed by atoms with Gasteiger partial charge in [-0.3, -0.25) is 9.78 Å². The third kappa shape index (κ3) is 5.18. The highest BCUT2D eigenvalue weighted by atomic mass is 16.5. The van der Waals surface area contributed by atoms with E-state index in [2.05, 4.69) is 22.9 Å². The van der Waals surface area contributed by atoms with Crippen molar-refractivity contribution in [3.63, 3.8) is 0 Å². The van der Waals surface area contributed by atoms with Crippen LogP contribution in [0, 0.1) is 6.92 Å². The summed E-state index contributed by atoms with van der Waals surface area (Å²) in [5.41, 5.74) is 3.45. The number of aromatic nitrogens is 3. The van der Waals surface area contributed by atoms with Crippen LogP contribution in [-0.2, 0) is 22.5 Å². The van der Waals surface area contributed by atoms with E-state index in [4.69, 9.17) is 14.7 Å². The molecule has 0 spiro atoms. The number of hydrogen-bond acceptors (Lipinski definition) is 6. The van der Waals surface area contributed by atoms with Crippen LogP contribution in [0.15, 0.2) is 24.4 Å². The molecule has 0 N–H and O–H groups in total. The molecular formula is C26H35N5O2. The van der Waals surface area contributed by atoms with Crippen LogP contribution in [0.25, 0.3) is 0 Å². The number of nitrogens with zero attached hydrogens (tertiary/aromatic N) is 5. The zero-order valence-electron chi connectivity index (χ0n) is 19.7. The molecule has 2 aromatic rings. The van der Waals surface area contributed by atoms with Gasteiger partial charge >= 0.3 is 0 Å². The van der Waals surface area contributed by atoms with E-state index in [0.29, 0.717) is 12.3 Å². The quantitative estimate of drug-likeness (QED) is 0.692. The molecule has 7 heteroatoms. The second-order valence-corrected chi connectivity index (χ2v) is 9.66. The van der Waals surface area contributed by atoms with E-state index in [1.54, 1.807) is 0 Å². The highest BCUT2D eigenvalue weighted by Gasteiger charge is 2.30. The first kappa shape index (κ1) is 22.3. The molecular weight excluding hydrogens is 414 g/mol. The smallest absolute Gasteiger partial charge is 0.225 e. The van der Waals surface area contributed by atoms with Crippen molar-refractivity contribution in [2.45, 2.75) is 76.9 Å². The molecule has 0 bridgehead atoms. The van der Waals surface area contributed by atoms with Gasteiger partial charge in [0.25, 0.3) is 0 Å². The van der Waals surface area contributed by atoms with E-state index in [-0.39, 0.29) is 12.0 Å². The SMILES string of the molecule is Cc1nc(C2CCN(C(=O)CC3CCCCO3)CC2)nc2c1CCCN2Cc1ccccn1. The minimum Gasteiger partial charge on any atom is -0.378 e. The molecule has 0 aromatic carbocycles. The first-order chi connectivity index (χ1) is 16.2. The average molecular weight is 450 g/mol. The number of ether oxygens (including phenoxy) is 1. The van der Waals surface area contributed by atoms with E-state index < -0.39 is 0 Å². The van der Waals surface area contributed by atoms with Gasteiger partial charge in [-0.15, -0.1) is 0 Å². The summed E-state index contributed by atoms with van der Waals surface area (Å²) in [6.45, 7) is 6.26. The number of piperidine rings is 1. The van der Waals surface area contributed by atoms with Crippen LogP contribution in [0.2, 0.25) is 0 Å². The first-order valence-electron chi connectivity index (χ1n) is 12.6. The van der Waals surface area contributed by atoms with E-state index in [1.807, 2.05) is 23.2 Å². The lowest BCUT2D eigenvalue weighted by molar-refractivity contribution is -0.136. The van der Waals surface area contributed by atoms with Crippen LogP contribution in [0.3, 0.4) is 0 Å². The maximum Gasteiger partial charge on any atom is 0.225 e. The van der Waals surface area contributed by atoms with Gasteiger partial charge in [-0.1, -0.05) is 6.07 Å². The molecule has 3 aliphatic heterocycles. The number of carbonyl (C=O) groups excluding carboxylic acids is 1. The number of anilines is 1. The Bertz CT molecular complexity index is 953. The maximum absolute atomic E-state index is 12.8. The molecule has 5 heterocycles. The van der Waals surface area contributed by atoms with Gasteiger partial charge in [0.2, 0.25) is 5.91 Å². The van der Waals surface area contributed by atoms with Gasteiger partial charge in [-0.25, -0.2) is 9.97 Å². The molecule has 3 aliphatic rings. The van der Waals surface area contributed by atoms with Crippen molar-refractivity contribution in [2.75, 3.05) is 31.1 Å². The second-order valence-electron chi connectivity index (χ2n) is 9.66. The largest absolute Gasteiger partial charge is 0.378 e. The van der Waals surface area contributed by atoms with Crippen LogP contribution in [0.1, 0.15) is 73.6 Å². The Kier molecular flexibility index (Phi) is 6.85. The van der Waals surface area contributed by atoms with Crippen molar-refractivity contribution in [3.05, 3.63) is 47.2 Å². The molecule has 0 saturated carbocycles. The minimum absolute atomic E-state index is 0.112. The second kappa shape index (κ2) is 10.2. The number of likely N-dealkylation sites (tertiary alicyclic amines) is 1. The van der Waals surface area contributed by atoms with Crippen LogP contribution in [-0.4, -0.2) is 58.1 Å². The monoisotopic (exact) mass is 449 g/mol. The number of amides is 1. The third-order valence-corrected chi connectivity index (χ3v) is 7.33. The molecule has 2 aromatic heterocycles. The van der Waals surface area contributed by atoms with Crippen LogP contribution >= 0.6 is 0 Å². The fourth-order valence-electron chi connectivity index (χ4n) is 5.41. The van der Waals surface area contributed by atoms with Crippen molar-refractivity contribution in [1.82, 2.24) is 19.9 Å². The maximum atomic E-state index is 12.8. The molecule has 1 unspecified atom stereocenters. The van der Waals surface area contributed by atoms with E-state index in [0.717, 1.165) is 94.3 Å². The predicted molar refractivity (Wildman–Crippen MR) is 127 cm³/mol. The van der Waals surface area contributed by atoms with E-state index in [1.165, 1.54) is 12.0 Å². The van der Waals surface area contributed by atoms with Crippen LogP contribution in [0.4, 0.5) is 5.82 Å². The summed E-state index contributed by atoms with van der Waals surface area (Å²) in [6, 6.07) is 6.07. The van der Waals surface area contributed by atoms with E-state index in [9.17, 15) is 4.79 Å². The van der Waals surface area contributed by atoms with Gasteiger partial charge in [0.15, 0.2) is 0 Å². The lowest BCUT2D eigenvalue weighted by Crippen LogP contribution is -2.40. The number of hydrogen-bond donors (Lipinski definition) is 0. The summed E-state index contributed by atoms with van der Waals surface area (Å²) in [4.78, 5) is 31.7. The Labute approximate surface area is 196 Å². The number of carbonyl (C=O) groups is 1. The Morgan fingerprint density at radius 1 is 1.09 bits per heavy atom. The van der Waals surface area contributed by atoms with E-state index >= 15 is 0 Å². The highest BCUT2D eigenvalue weighted by molar-refractivity contribution is 5.76. The molecule has 1 atom stereocenters. The summed E-state index contributed by atoms with van der Waals surface area (Å²) in [5, 5.41) is 0. The van der Waals surface area contributed by atoms with Crippen LogP contribution in [0.5, 0.6) is 0 Å². The lowest BCUT2D eigenvalue weighted by Gasteiger charge is -2.34. The summed E-state index contributed by atoms with van der Waals surface area (Å²) in [6.07, 6.45) is 9.81. The zero-order valence-corrected chi connectivity index (χ0v) is 19.7. The Morgan fingerprint density at radius 3 is 2.73 bits per heavy atom. The summed E-state index contributed by atoms with van der Waals surface area (Å²) in [7, 11) is 0. The predicted octanol–water partition coefficient (Wildman–Crippen LogP) is 3.80. The molecule has 0 radical (unpaired) electrons. The molecule has 2 saturated heterocycles. The summed E-state index contributed by atoms with van der Waals surface area (Å²) < 4.78 is 5.77. The lowest BCUT2D eigenvalue weighted by atomic mass is 9.94. The molecule has 5 rings (SSSR count). The number of rotatable bonds is 5. The highest BCUT2D eigenvalue weighted by Crippen LogP contribution is 2.33. The fourth-order valence-corrected chi connectivity index (χ4v) is 5.41. The number of fused-ring (bicyclic) bond motifs is 1. The molecule has 33 heavy (non-hydrogen) atoms. The fraction of sp³-hybridized carbons (Fsp3) is 0.615. The Morgan fingerprint density at radius 2 is 1.97 bits per heavy atom. The van der Waals surface area contributed by atoms with Crippen LogP contribution < -0.4 is 4.90 Å². The van der Waals surface area contributed by atoms with Crippen molar-refractivity contribution < 1.29 is 9.53 Å². The molecule has 176 valence electrons. The summed E-state index contributed by atoms with van der Waals surface area (Å²) >= 11 is 0. The molecule has 2 fully saturated rings. The van der Waals surface area contributed by atoms with Gasteiger partial charge in [0.1, 0.15) is 11.6 Å². The summed E-state index contributed by atoms with van der Waals surface area (Å²) in [5.74, 6) is 2.58. The number of aryl methyl sites for hydroxylation is 1. The van der Waals surface area contributed by atoms with Gasteiger partial charge < -0.3 is 14.5 Å². The zero-order chi connectivity index (χ0) is 22.6. The van der Waals surface area contributed by atoms with Gasteiger partial charge in [0.05, 0.1) is 24.8 Å². The molecule has 7 nitrogen and oxygen atoms in total. The van der Waals surface area contributed by atoms with Crippen molar-refractivity contribution in [2.24, 2.45) is 0 Å². The van der Waals surface area contributed by atoms with Crippen molar-refractivity contribution >= 4 is 11.7 Å². The first-order valence-corrected chi connectivity index (χ1v) is 12.6.